The summed E-state index contributed by atoms with van der Waals surface area (Å²) in [6.45, 7) is 3.56. The van der Waals surface area contributed by atoms with Gasteiger partial charge in [0.2, 0.25) is 5.91 Å². The fourth-order valence-corrected chi connectivity index (χ4v) is 3.83. The zero-order valence-electron chi connectivity index (χ0n) is 17.0. The van der Waals surface area contributed by atoms with Crippen LogP contribution in [0.15, 0.2) is 53.3 Å². The van der Waals surface area contributed by atoms with Crippen molar-refractivity contribution in [2.75, 3.05) is 32.8 Å². The number of nitrogens with one attached hydrogen (secondary N) is 1. The second-order valence-corrected chi connectivity index (χ2v) is 7.84. The average Bonchev–Trinajstić information content (AvgIpc) is 2.81. The van der Waals surface area contributed by atoms with E-state index in [-0.39, 0.29) is 30.5 Å². The number of nitrogens with zero attached hydrogens (tertiary/aromatic N) is 4. The third-order valence-corrected chi connectivity index (χ3v) is 5.67. The van der Waals surface area contributed by atoms with Crippen LogP contribution >= 0.6 is 11.6 Å². The van der Waals surface area contributed by atoms with Gasteiger partial charge in [-0.2, -0.15) is 0 Å². The molecule has 1 fully saturated rings. The summed E-state index contributed by atoms with van der Waals surface area (Å²) < 4.78 is 6.70. The molecule has 1 atom stereocenters. The van der Waals surface area contributed by atoms with Gasteiger partial charge in [-0.1, -0.05) is 41.1 Å². The second-order valence-electron chi connectivity index (χ2n) is 7.40. The van der Waals surface area contributed by atoms with Crippen molar-refractivity contribution in [3.05, 3.63) is 69.5 Å². The lowest BCUT2D eigenvalue weighted by Gasteiger charge is -2.35. The van der Waals surface area contributed by atoms with Gasteiger partial charge in [-0.25, -0.2) is 4.68 Å². The first-order chi connectivity index (χ1) is 15.1. The average molecular weight is 442 g/mol. The van der Waals surface area contributed by atoms with Crippen molar-refractivity contribution in [1.29, 1.82) is 0 Å². The number of halogens is 1. The van der Waals surface area contributed by atoms with Gasteiger partial charge in [-0.05, 0) is 29.8 Å². The summed E-state index contributed by atoms with van der Waals surface area (Å²) in [5.74, 6) is -0.144. The number of carbonyl (C=O) groups excluding carboxylic acids is 1. The maximum Gasteiger partial charge on any atom is 0.277 e. The van der Waals surface area contributed by atoms with Gasteiger partial charge in [0.25, 0.3) is 5.56 Å². The van der Waals surface area contributed by atoms with Crippen molar-refractivity contribution >= 4 is 28.4 Å². The Balaban J connectivity index is 1.39. The number of morpholine rings is 1. The molecule has 0 bridgehead atoms. The van der Waals surface area contributed by atoms with Gasteiger partial charge in [0.15, 0.2) is 0 Å². The highest BCUT2D eigenvalue weighted by Crippen LogP contribution is 2.23. The molecule has 1 amide bonds. The molecule has 0 aliphatic carbocycles. The predicted molar refractivity (Wildman–Crippen MR) is 118 cm³/mol. The Morgan fingerprint density at radius 1 is 1.13 bits per heavy atom. The number of aromatic nitrogens is 3. The minimum atomic E-state index is -0.245. The fraction of sp³-hybridized carbons (Fsp3) is 0.364. The highest BCUT2D eigenvalue weighted by Gasteiger charge is 2.23. The molecule has 8 nitrogen and oxygen atoms in total. The molecule has 1 aromatic heterocycles. The first-order valence-electron chi connectivity index (χ1n) is 10.3. The smallest absolute Gasteiger partial charge is 0.277 e. The number of ether oxygens (including phenoxy) is 1. The summed E-state index contributed by atoms with van der Waals surface area (Å²) in [5, 5.41) is 12.2. The van der Waals surface area contributed by atoms with Crippen LogP contribution in [-0.4, -0.2) is 58.6 Å². The summed E-state index contributed by atoms with van der Waals surface area (Å²) in [6.07, 6.45) is 0.142. The normalized spacial score (nSPS) is 15.6. The number of rotatable bonds is 7. The van der Waals surface area contributed by atoms with E-state index in [4.69, 9.17) is 16.3 Å². The molecule has 3 aromatic rings. The summed E-state index contributed by atoms with van der Waals surface area (Å²) in [7, 11) is 0. The molecule has 1 saturated heterocycles. The molecule has 1 N–H and O–H groups in total. The van der Waals surface area contributed by atoms with Crippen LogP contribution in [0.3, 0.4) is 0 Å². The predicted octanol–water partition coefficient (Wildman–Crippen LogP) is 2.02. The quantitative estimate of drug-likeness (QED) is 0.603. The van der Waals surface area contributed by atoms with Crippen molar-refractivity contribution in [3.8, 4) is 0 Å². The van der Waals surface area contributed by atoms with Crippen LogP contribution in [0.5, 0.6) is 0 Å². The Labute approximate surface area is 184 Å². The Bertz CT molecular complexity index is 1100. The molecule has 0 saturated carbocycles. The van der Waals surface area contributed by atoms with E-state index in [1.165, 1.54) is 4.68 Å². The van der Waals surface area contributed by atoms with Crippen LogP contribution in [0.1, 0.15) is 18.0 Å². The number of benzene rings is 2. The van der Waals surface area contributed by atoms with Gasteiger partial charge < -0.3 is 10.1 Å². The van der Waals surface area contributed by atoms with Crippen molar-refractivity contribution in [2.45, 2.75) is 19.0 Å². The second kappa shape index (κ2) is 10.00. The lowest BCUT2D eigenvalue weighted by Crippen LogP contribution is -2.44. The molecular weight excluding hydrogens is 418 g/mol. The van der Waals surface area contributed by atoms with Crippen LogP contribution in [0.2, 0.25) is 5.02 Å². The molecule has 162 valence electrons. The van der Waals surface area contributed by atoms with Crippen LogP contribution < -0.4 is 10.9 Å². The highest BCUT2D eigenvalue weighted by molar-refractivity contribution is 6.30. The third-order valence-electron chi connectivity index (χ3n) is 5.41. The van der Waals surface area contributed by atoms with Crippen molar-refractivity contribution < 1.29 is 9.53 Å². The van der Waals surface area contributed by atoms with Crippen LogP contribution in [0.25, 0.3) is 10.9 Å². The van der Waals surface area contributed by atoms with Crippen LogP contribution in [0, 0.1) is 0 Å². The van der Waals surface area contributed by atoms with Crippen molar-refractivity contribution in [2.24, 2.45) is 0 Å². The Kier molecular flexibility index (Phi) is 6.91. The zero-order chi connectivity index (χ0) is 21.6. The van der Waals surface area contributed by atoms with Crippen molar-refractivity contribution in [3.63, 3.8) is 0 Å². The highest BCUT2D eigenvalue weighted by atomic mass is 35.5. The van der Waals surface area contributed by atoms with E-state index in [9.17, 15) is 9.59 Å². The van der Waals surface area contributed by atoms with E-state index in [0.29, 0.717) is 35.7 Å². The number of hydrogen-bond acceptors (Lipinski definition) is 6. The van der Waals surface area contributed by atoms with E-state index in [0.717, 1.165) is 18.7 Å². The first kappa shape index (κ1) is 21.4. The lowest BCUT2D eigenvalue weighted by atomic mass is 10.0. The molecule has 9 heteroatoms. The Morgan fingerprint density at radius 2 is 1.87 bits per heavy atom. The molecule has 4 rings (SSSR count). The summed E-state index contributed by atoms with van der Waals surface area (Å²) in [5.41, 5.74) is 1.39. The lowest BCUT2D eigenvalue weighted by molar-refractivity contribution is -0.121. The maximum absolute atomic E-state index is 12.5. The van der Waals surface area contributed by atoms with Gasteiger partial charge in [0, 0.05) is 31.1 Å². The molecule has 0 spiro atoms. The molecule has 0 radical (unpaired) electrons. The molecule has 2 heterocycles. The monoisotopic (exact) mass is 441 g/mol. The maximum atomic E-state index is 12.5. The number of fused-ring (bicyclic) bond motifs is 1. The molecule has 31 heavy (non-hydrogen) atoms. The van der Waals surface area contributed by atoms with E-state index in [1.54, 1.807) is 24.3 Å². The van der Waals surface area contributed by atoms with Crippen LogP contribution in [0.4, 0.5) is 0 Å². The van der Waals surface area contributed by atoms with E-state index in [2.05, 4.69) is 20.5 Å². The minimum Gasteiger partial charge on any atom is -0.379 e. The molecule has 1 aliphatic heterocycles. The molecular formula is C22H24ClN5O3. The third kappa shape index (κ3) is 5.28. The molecule has 1 aliphatic rings. The summed E-state index contributed by atoms with van der Waals surface area (Å²) in [4.78, 5) is 27.3. The zero-order valence-corrected chi connectivity index (χ0v) is 17.8. The number of carbonyl (C=O) groups is 1. The van der Waals surface area contributed by atoms with Crippen molar-refractivity contribution in [1.82, 2.24) is 25.2 Å². The first-order valence-corrected chi connectivity index (χ1v) is 10.7. The molecule has 2 aromatic carbocycles. The molecule has 1 unspecified atom stereocenters. The number of hydrogen-bond donors (Lipinski definition) is 1. The van der Waals surface area contributed by atoms with Gasteiger partial charge >= 0.3 is 0 Å². The van der Waals surface area contributed by atoms with Gasteiger partial charge in [-0.3, -0.25) is 14.5 Å². The van der Waals surface area contributed by atoms with Gasteiger partial charge in [0.05, 0.1) is 31.2 Å². The van der Waals surface area contributed by atoms with Crippen LogP contribution in [-0.2, 0) is 16.1 Å². The fourth-order valence-electron chi connectivity index (χ4n) is 3.71. The van der Waals surface area contributed by atoms with E-state index < -0.39 is 0 Å². The largest absolute Gasteiger partial charge is 0.379 e. The summed E-state index contributed by atoms with van der Waals surface area (Å²) in [6, 6.07) is 14.7. The topological polar surface area (TPSA) is 89.3 Å². The number of amides is 1. The van der Waals surface area contributed by atoms with E-state index >= 15 is 0 Å². The van der Waals surface area contributed by atoms with Gasteiger partial charge in [0.1, 0.15) is 5.52 Å². The standard InChI is InChI=1S/C22H24ClN5O3/c23-17-7-5-16(6-8-17)20(27-11-13-31-14-12-27)15-24-21(29)9-10-28-22(30)18-3-1-2-4-19(18)25-26-28/h1-8,20H,9-15H2,(H,24,29). The minimum absolute atomic E-state index is 0.0216. The Morgan fingerprint density at radius 3 is 2.65 bits per heavy atom. The SMILES string of the molecule is O=C(CCn1nnc2ccccc2c1=O)NCC(c1ccc(Cl)cc1)N1CCOCC1. The Hall–Kier alpha value is -2.81. The number of aryl methyl sites for hydroxylation is 1. The van der Waals surface area contributed by atoms with Gasteiger partial charge in [-0.15, -0.1) is 5.10 Å². The summed E-state index contributed by atoms with van der Waals surface area (Å²) >= 11 is 6.04. The van der Waals surface area contributed by atoms with E-state index in [1.807, 2.05) is 24.3 Å².